The van der Waals surface area contributed by atoms with Gasteiger partial charge < -0.3 is 34.2 Å². The summed E-state index contributed by atoms with van der Waals surface area (Å²) in [5.41, 5.74) is 0.528. The summed E-state index contributed by atoms with van der Waals surface area (Å²) < 4.78 is 18.4. The van der Waals surface area contributed by atoms with Crippen molar-refractivity contribution in [2.24, 2.45) is 11.3 Å². The fourth-order valence-corrected chi connectivity index (χ4v) is 8.39. The van der Waals surface area contributed by atoms with Gasteiger partial charge in [-0.1, -0.05) is 42.8 Å². The smallest absolute Gasteiger partial charge is 0.340 e. The number of halogens is 1. The summed E-state index contributed by atoms with van der Waals surface area (Å²) in [5.74, 6) is -1.04. The summed E-state index contributed by atoms with van der Waals surface area (Å²) in [6.07, 6.45) is 8.97. The summed E-state index contributed by atoms with van der Waals surface area (Å²) in [6.45, 7) is 5.49. The number of aliphatic carboxylic acids is 1. The maximum Gasteiger partial charge on any atom is 0.340 e. The van der Waals surface area contributed by atoms with E-state index in [0.29, 0.717) is 51.6 Å². The zero-order chi connectivity index (χ0) is 33.4. The Balaban J connectivity index is 1.47. The predicted octanol–water partition coefficient (Wildman–Crippen LogP) is 5.34. The Hall–Kier alpha value is -3.11. The molecule has 1 saturated carbocycles. The van der Waals surface area contributed by atoms with Crippen molar-refractivity contribution < 1.29 is 34.0 Å². The minimum Gasteiger partial charge on any atom is -0.490 e. The van der Waals surface area contributed by atoms with Crippen molar-refractivity contribution in [3.8, 4) is 5.75 Å². The van der Waals surface area contributed by atoms with Crippen LogP contribution in [0.3, 0.4) is 0 Å². The second-order valence-electron chi connectivity index (χ2n) is 14.3. The average Bonchev–Trinajstić information content (AvgIpc) is 3.18. The number of nitrogens with zero attached hydrogens (tertiary/aromatic N) is 2. The number of carboxylic acid groups (broad SMARTS) is 1. The molecule has 2 aromatic rings. The SMILES string of the molecule is COCCO[C@H]1/C=C/CCN(C)C(=O)C[C@](O)(C(=O)O)c2ccc3c(c2)N(CC2(C)CC[C@@H]12)C[C@@]1(CCCc2cc(Cl)ccc21)CO3. The molecule has 2 N–H and O–H groups in total. The van der Waals surface area contributed by atoms with Gasteiger partial charge in [0.25, 0.3) is 0 Å². The van der Waals surface area contributed by atoms with Crippen LogP contribution in [0.4, 0.5) is 5.69 Å². The van der Waals surface area contributed by atoms with Crippen molar-refractivity contribution >= 4 is 29.2 Å². The summed E-state index contributed by atoms with van der Waals surface area (Å²) in [4.78, 5) is 29.8. The Morgan fingerprint density at radius 2 is 1.98 bits per heavy atom. The van der Waals surface area contributed by atoms with E-state index < -0.39 is 23.9 Å². The monoisotopic (exact) mass is 666 g/mol. The van der Waals surface area contributed by atoms with Gasteiger partial charge in [0, 0.05) is 44.2 Å². The van der Waals surface area contributed by atoms with Crippen molar-refractivity contribution in [3.63, 3.8) is 0 Å². The molecule has 254 valence electrons. The molecule has 1 unspecified atom stereocenters. The summed E-state index contributed by atoms with van der Waals surface area (Å²) in [6, 6.07) is 11.2. The summed E-state index contributed by atoms with van der Waals surface area (Å²) >= 11 is 6.45. The van der Waals surface area contributed by atoms with Gasteiger partial charge in [-0.2, -0.15) is 0 Å². The number of carboxylic acids is 1. The van der Waals surface area contributed by atoms with Gasteiger partial charge in [-0.05, 0) is 90.8 Å². The molecule has 47 heavy (non-hydrogen) atoms. The highest BCUT2D eigenvalue weighted by molar-refractivity contribution is 6.30. The number of amides is 1. The fraction of sp³-hybridized carbons (Fsp3) is 0.568. The molecule has 2 bridgehead atoms. The van der Waals surface area contributed by atoms with Gasteiger partial charge in [-0.3, -0.25) is 4.79 Å². The lowest BCUT2D eigenvalue weighted by atomic mass is 9.58. The Kier molecular flexibility index (Phi) is 9.64. The highest BCUT2D eigenvalue weighted by Gasteiger charge is 2.50. The van der Waals surface area contributed by atoms with E-state index in [2.05, 4.69) is 36.1 Å². The number of ether oxygens (including phenoxy) is 3. The molecule has 6 rings (SSSR count). The van der Waals surface area contributed by atoms with Crippen LogP contribution in [0.2, 0.25) is 5.02 Å². The molecule has 1 fully saturated rings. The Morgan fingerprint density at radius 3 is 2.72 bits per heavy atom. The minimum absolute atomic E-state index is 0.115. The molecule has 9 nitrogen and oxygen atoms in total. The van der Waals surface area contributed by atoms with E-state index in [4.69, 9.17) is 25.8 Å². The van der Waals surface area contributed by atoms with Crippen LogP contribution in [0, 0.1) is 11.3 Å². The number of aliphatic hydroxyl groups is 1. The molecule has 5 atom stereocenters. The summed E-state index contributed by atoms with van der Waals surface area (Å²) in [5, 5.41) is 22.7. The maximum atomic E-state index is 13.3. The van der Waals surface area contributed by atoms with Crippen molar-refractivity contribution in [1.82, 2.24) is 4.90 Å². The molecule has 2 heterocycles. The quantitative estimate of drug-likeness (QED) is 0.325. The van der Waals surface area contributed by atoms with Crippen molar-refractivity contribution in [2.75, 3.05) is 58.5 Å². The topological polar surface area (TPSA) is 109 Å². The standard InChI is InChI=1S/C37H47ClN2O7/c1-35-15-13-29(35)31(46-18-17-45-3)8-4-5-16-39(2)33(41)21-37(44,34(42)43)26-9-12-32-30(20-26)40(22-35)23-36(24-47-32)14-6-7-25-19-27(38)10-11-28(25)36/h4,8-12,19-20,29,31,44H,5-7,13-18,21-24H2,1-3H3,(H,42,43)/b8-4+/t29-,31-,35?,36-,37+/m0/s1. The van der Waals surface area contributed by atoms with E-state index in [-0.39, 0.29) is 28.4 Å². The van der Waals surface area contributed by atoms with Gasteiger partial charge in [0.1, 0.15) is 5.75 Å². The molecular weight excluding hydrogens is 620 g/mol. The first-order valence-corrected chi connectivity index (χ1v) is 17.1. The number of fused-ring (bicyclic) bond motifs is 4. The highest BCUT2D eigenvalue weighted by atomic mass is 35.5. The Labute approximate surface area is 282 Å². The first-order valence-electron chi connectivity index (χ1n) is 16.8. The number of benzene rings is 2. The third-order valence-electron chi connectivity index (χ3n) is 11.1. The van der Waals surface area contributed by atoms with Gasteiger partial charge in [-0.15, -0.1) is 0 Å². The van der Waals surface area contributed by atoms with Gasteiger partial charge in [0.2, 0.25) is 5.91 Å². The first-order chi connectivity index (χ1) is 22.5. The number of carbonyl (C=O) groups excluding carboxylic acids is 1. The van der Waals surface area contributed by atoms with Crippen molar-refractivity contribution in [2.45, 2.75) is 69.0 Å². The molecule has 2 aliphatic carbocycles. The Morgan fingerprint density at radius 1 is 1.15 bits per heavy atom. The Bertz CT molecular complexity index is 1530. The lowest BCUT2D eigenvalue weighted by Crippen LogP contribution is -2.54. The second-order valence-corrected chi connectivity index (χ2v) is 14.7. The van der Waals surface area contributed by atoms with Crippen LogP contribution in [0.1, 0.15) is 62.1 Å². The number of rotatable bonds is 5. The number of methoxy groups -OCH3 is 1. The largest absolute Gasteiger partial charge is 0.490 e. The van der Waals surface area contributed by atoms with Crippen LogP contribution < -0.4 is 9.64 Å². The van der Waals surface area contributed by atoms with E-state index in [1.165, 1.54) is 16.0 Å². The van der Waals surface area contributed by atoms with Crippen molar-refractivity contribution in [1.29, 1.82) is 0 Å². The molecule has 4 aliphatic rings. The van der Waals surface area contributed by atoms with E-state index in [0.717, 1.165) is 42.8 Å². The van der Waals surface area contributed by atoms with Crippen LogP contribution in [0.25, 0.3) is 0 Å². The van der Waals surface area contributed by atoms with Crippen LogP contribution in [0.15, 0.2) is 48.6 Å². The van der Waals surface area contributed by atoms with E-state index >= 15 is 0 Å². The number of anilines is 1. The van der Waals surface area contributed by atoms with E-state index in [1.807, 2.05) is 6.07 Å². The third kappa shape index (κ3) is 6.52. The number of hydrogen-bond acceptors (Lipinski definition) is 7. The maximum absolute atomic E-state index is 13.3. The lowest BCUT2D eigenvalue weighted by Gasteiger charge is -2.53. The fourth-order valence-electron chi connectivity index (χ4n) is 8.20. The predicted molar refractivity (Wildman–Crippen MR) is 180 cm³/mol. The molecule has 2 aromatic carbocycles. The van der Waals surface area contributed by atoms with Crippen LogP contribution in [-0.2, 0) is 36.5 Å². The van der Waals surface area contributed by atoms with Crippen LogP contribution >= 0.6 is 11.6 Å². The molecular formula is C37H47ClN2O7. The van der Waals surface area contributed by atoms with Gasteiger partial charge >= 0.3 is 5.97 Å². The zero-order valence-electron chi connectivity index (χ0n) is 27.7. The molecule has 1 amide bonds. The molecule has 0 saturated heterocycles. The minimum atomic E-state index is -2.40. The van der Waals surface area contributed by atoms with Crippen LogP contribution in [0.5, 0.6) is 5.75 Å². The lowest BCUT2D eigenvalue weighted by molar-refractivity contribution is -0.164. The van der Waals surface area contributed by atoms with Gasteiger partial charge in [-0.25, -0.2) is 4.79 Å². The second kappa shape index (κ2) is 13.4. The number of aryl methyl sites for hydroxylation is 1. The molecule has 1 spiro atoms. The molecule has 0 aromatic heterocycles. The summed E-state index contributed by atoms with van der Waals surface area (Å²) in [7, 11) is 3.31. The molecule has 2 aliphatic heterocycles. The third-order valence-corrected chi connectivity index (χ3v) is 11.4. The number of hydrogen-bond donors (Lipinski definition) is 2. The van der Waals surface area contributed by atoms with E-state index in [1.54, 1.807) is 32.4 Å². The van der Waals surface area contributed by atoms with Crippen molar-refractivity contribution in [3.05, 3.63) is 70.3 Å². The van der Waals surface area contributed by atoms with Gasteiger partial charge in [0.15, 0.2) is 5.60 Å². The average molecular weight is 667 g/mol. The molecule has 10 heteroatoms. The van der Waals surface area contributed by atoms with Gasteiger partial charge in [0.05, 0.1) is 38.0 Å². The molecule has 0 radical (unpaired) electrons. The van der Waals surface area contributed by atoms with E-state index in [9.17, 15) is 19.8 Å². The first kappa shape index (κ1) is 33.8. The van der Waals surface area contributed by atoms with Crippen LogP contribution in [-0.4, -0.2) is 86.7 Å². The zero-order valence-corrected chi connectivity index (χ0v) is 28.4. The number of carbonyl (C=O) groups is 2. The highest BCUT2D eigenvalue weighted by Crippen LogP contribution is 2.53. The normalized spacial score (nSPS) is 31.6.